The average molecular weight is 154 g/mol. The van der Waals surface area contributed by atoms with Crippen LogP contribution >= 0.6 is 0 Å². The molecule has 1 aromatic rings. The van der Waals surface area contributed by atoms with E-state index in [1.54, 1.807) is 13.0 Å². The second-order valence-corrected chi connectivity index (χ2v) is 1.98. The summed E-state index contributed by atoms with van der Waals surface area (Å²) >= 11 is 0. The fraction of sp³-hybridized carbons (Fsp3) is 0.200. The monoisotopic (exact) mass is 154 g/mol. The Morgan fingerprint density at radius 1 is 1.55 bits per heavy atom. The van der Waals surface area contributed by atoms with Crippen LogP contribution in [0.3, 0.4) is 0 Å². The molecule has 0 bridgehead atoms. The van der Waals surface area contributed by atoms with Crippen LogP contribution in [-0.4, -0.2) is 27.6 Å². The van der Waals surface area contributed by atoms with Crippen molar-refractivity contribution in [2.75, 3.05) is 0 Å². The molecule has 0 spiro atoms. The van der Waals surface area contributed by atoms with E-state index in [0.717, 1.165) is 0 Å². The second-order valence-electron chi connectivity index (χ2n) is 1.98. The molecule has 2 N–H and O–H groups in total. The zero-order valence-corrected chi connectivity index (χ0v) is 5.93. The molecule has 1 rings (SSSR count). The van der Waals surface area contributed by atoms with Crippen LogP contribution in [-0.2, 0) is 0 Å². The molecule has 6 heteroatoms. The summed E-state index contributed by atoms with van der Waals surface area (Å²) in [4.78, 5) is 0. The van der Waals surface area contributed by atoms with Crippen molar-refractivity contribution in [2.45, 2.75) is 6.92 Å². The highest BCUT2D eigenvalue weighted by atomic mass is 16.6. The minimum Gasteiger partial charge on any atom is -0.511 e. The van der Waals surface area contributed by atoms with Gasteiger partial charge in [0.25, 0.3) is 0 Å². The van der Waals surface area contributed by atoms with Gasteiger partial charge in [0.05, 0.1) is 11.9 Å². The SMILES string of the molecule is Cc1cc(OB(O)O)cnn1. The molecule has 0 unspecified atom stereocenters. The fourth-order valence-corrected chi connectivity index (χ4v) is 0.635. The highest BCUT2D eigenvalue weighted by molar-refractivity contribution is 6.33. The topological polar surface area (TPSA) is 75.5 Å². The van der Waals surface area contributed by atoms with Crippen molar-refractivity contribution in [3.63, 3.8) is 0 Å². The molecule has 5 nitrogen and oxygen atoms in total. The molecule has 0 aromatic carbocycles. The first kappa shape index (κ1) is 7.97. The summed E-state index contributed by atoms with van der Waals surface area (Å²) in [7, 11) is -1.81. The van der Waals surface area contributed by atoms with Gasteiger partial charge in [-0.25, -0.2) is 0 Å². The summed E-state index contributed by atoms with van der Waals surface area (Å²) in [5.74, 6) is 0.285. The number of nitrogens with zero attached hydrogens (tertiary/aromatic N) is 2. The van der Waals surface area contributed by atoms with Gasteiger partial charge in [-0.3, -0.25) is 0 Å². The van der Waals surface area contributed by atoms with E-state index in [2.05, 4.69) is 14.9 Å². The Hall–Kier alpha value is -1.14. The molecule has 0 aliphatic carbocycles. The largest absolute Gasteiger partial charge is 0.707 e. The summed E-state index contributed by atoms with van der Waals surface area (Å²) in [5, 5.41) is 24.0. The van der Waals surface area contributed by atoms with E-state index in [1.807, 2.05) is 0 Å². The first-order valence-corrected chi connectivity index (χ1v) is 3.00. The van der Waals surface area contributed by atoms with E-state index in [0.29, 0.717) is 5.69 Å². The number of aryl methyl sites for hydroxylation is 1. The Labute approximate surface area is 63.8 Å². The van der Waals surface area contributed by atoms with Crippen molar-refractivity contribution < 1.29 is 14.7 Å². The van der Waals surface area contributed by atoms with Crippen LogP contribution in [0.1, 0.15) is 5.69 Å². The Balaban J connectivity index is 2.71. The molecule has 0 saturated carbocycles. The number of hydrogen-bond acceptors (Lipinski definition) is 5. The summed E-state index contributed by atoms with van der Waals surface area (Å²) in [6.45, 7) is 1.73. The first-order chi connectivity index (χ1) is 5.18. The van der Waals surface area contributed by atoms with E-state index in [4.69, 9.17) is 10.0 Å². The summed E-state index contributed by atoms with van der Waals surface area (Å²) in [6.07, 6.45) is 1.30. The van der Waals surface area contributed by atoms with Crippen LogP contribution < -0.4 is 4.65 Å². The van der Waals surface area contributed by atoms with Crippen LogP contribution in [0.2, 0.25) is 0 Å². The molecule has 0 aliphatic heterocycles. The maximum atomic E-state index is 8.38. The van der Waals surface area contributed by atoms with Gasteiger partial charge in [-0.2, -0.15) is 10.2 Å². The molecular formula is C5H7BN2O3. The van der Waals surface area contributed by atoms with Crippen molar-refractivity contribution in [1.82, 2.24) is 10.2 Å². The maximum Gasteiger partial charge on any atom is 0.707 e. The van der Waals surface area contributed by atoms with Crippen LogP contribution in [0.5, 0.6) is 5.75 Å². The molecule has 1 aromatic heterocycles. The van der Waals surface area contributed by atoms with E-state index in [-0.39, 0.29) is 5.75 Å². The third-order valence-corrected chi connectivity index (χ3v) is 0.993. The van der Waals surface area contributed by atoms with Crippen molar-refractivity contribution >= 4 is 7.32 Å². The Bertz CT molecular complexity index is 243. The van der Waals surface area contributed by atoms with E-state index in [1.165, 1.54) is 6.20 Å². The standard InChI is InChI=1S/C5H7BN2O3/c1-4-2-5(3-7-8-4)11-6(9)10/h2-3,9-10H,1H3. The molecule has 0 amide bonds. The lowest BCUT2D eigenvalue weighted by Gasteiger charge is -2.02. The molecule has 11 heavy (non-hydrogen) atoms. The van der Waals surface area contributed by atoms with Crippen molar-refractivity contribution in [2.24, 2.45) is 0 Å². The zero-order chi connectivity index (χ0) is 8.27. The summed E-state index contributed by atoms with van der Waals surface area (Å²) in [5.41, 5.74) is 0.656. The van der Waals surface area contributed by atoms with E-state index in [9.17, 15) is 0 Å². The smallest absolute Gasteiger partial charge is 0.511 e. The lowest BCUT2D eigenvalue weighted by Crippen LogP contribution is -2.20. The molecule has 0 fully saturated rings. The molecule has 0 aliphatic rings. The Kier molecular flexibility index (Phi) is 2.40. The summed E-state index contributed by atoms with van der Waals surface area (Å²) in [6, 6.07) is 1.55. The first-order valence-electron chi connectivity index (χ1n) is 3.00. The average Bonchev–Trinajstić information content (AvgIpc) is 1.85. The number of aromatic nitrogens is 2. The molecule has 1 heterocycles. The van der Waals surface area contributed by atoms with Gasteiger partial charge in [0, 0.05) is 6.07 Å². The molecule has 0 radical (unpaired) electrons. The lowest BCUT2D eigenvalue weighted by molar-refractivity contribution is 0.287. The number of hydrogen-bond donors (Lipinski definition) is 2. The minimum atomic E-state index is -1.81. The highest BCUT2D eigenvalue weighted by Crippen LogP contribution is 2.07. The summed E-state index contributed by atoms with van der Waals surface area (Å²) < 4.78 is 4.50. The van der Waals surface area contributed by atoms with E-state index < -0.39 is 7.32 Å². The van der Waals surface area contributed by atoms with Crippen LogP contribution in [0.25, 0.3) is 0 Å². The highest BCUT2D eigenvalue weighted by Gasteiger charge is 2.10. The zero-order valence-electron chi connectivity index (χ0n) is 5.93. The third-order valence-electron chi connectivity index (χ3n) is 0.993. The Morgan fingerprint density at radius 3 is 2.82 bits per heavy atom. The van der Waals surface area contributed by atoms with Crippen LogP contribution in [0.15, 0.2) is 12.3 Å². The fourth-order valence-electron chi connectivity index (χ4n) is 0.635. The van der Waals surface area contributed by atoms with Crippen molar-refractivity contribution in [1.29, 1.82) is 0 Å². The molecule has 0 atom stereocenters. The molecular weight excluding hydrogens is 147 g/mol. The normalized spacial score (nSPS) is 9.36. The Morgan fingerprint density at radius 2 is 2.27 bits per heavy atom. The maximum absolute atomic E-state index is 8.38. The molecule has 58 valence electrons. The van der Waals surface area contributed by atoms with Gasteiger partial charge in [-0.05, 0) is 6.92 Å². The minimum absolute atomic E-state index is 0.285. The van der Waals surface area contributed by atoms with Gasteiger partial charge >= 0.3 is 7.32 Å². The second kappa shape index (κ2) is 3.31. The van der Waals surface area contributed by atoms with Gasteiger partial charge in [-0.15, -0.1) is 0 Å². The van der Waals surface area contributed by atoms with Crippen LogP contribution in [0, 0.1) is 6.92 Å². The van der Waals surface area contributed by atoms with Gasteiger partial charge in [0.15, 0.2) is 0 Å². The van der Waals surface area contributed by atoms with Gasteiger partial charge in [0.2, 0.25) is 0 Å². The van der Waals surface area contributed by atoms with Gasteiger partial charge < -0.3 is 14.7 Å². The van der Waals surface area contributed by atoms with E-state index >= 15 is 0 Å². The molecule has 0 saturated heterocycles. The van der Waals surface area contributed by atoms with Gasteiger partial charge in [-0.1, -0.05) is 0 Å². The van der Waals surface area contributed by atoms with Gasteiger partial charge in [0.1, 0.15) is 5.75 Å². The predicted molar refractivity (Wildman–Crippen MR) is 37.6 cm³/mol. The lowest BCUT2D eigenvalue weighted by atomic mass is 10.2. The van der Waals surface area contributed by atoms with Crippen molar-refractivity contribution in [3.05, 3.63) is 18.0 Å². The van der Waals surface area contributed by atoms with Crippen molar-refractivity contribution in [3.8, 4) is 5.75 Å². The predicted octanol–water partition coefficient (Wildman–Crippen LogP) is -0.867. The third kappa shape index (κ3) is 2.52. The number of rotatable bonds is 2. The quantitative estimate of drug-likeness (QED) is 0.541. The van der Waals surface area contributed by atoms with Crippen LogP contribution in [0.4, 0.5) is 0 Å².